The summed E-state index contributed by atoms with van der Waals surface area (Å²) in [5.74, 6) is -0.331. The summed E-state index contributed by atoms with van der Waals surface area (Å²) >= 11 is 0. The molecule has 0 saturated carbocycles. The monoisotopic (exact) mass is 2420 g/mol. The summed E-state index contributed by atoms with van der Waals surface area (Å²) in [5.41, 5.74) is 29.5. The van der Waals surface area contributed by atoms with Gasteiger partial charge < -0.3 is 35.0 Å². The summed E-state index contributed by atoms with van der Waals surface area (Å²) in [5, 5.41) is 8.36. The molecule has 4 radical (unpaired) electrons. The molecule has 0 aliphatic carbocycles. The Morgan fingerprint density at radius 2 is 0.612 bits per heavy atom. The van der Waals surface area contributed by atoms with Gasteiger partial charge in [-0.3, -0.25) is 4.79 Å². The van der Waals surface area contributed by atoms with Gasteiger partial charge in [0.2, 0.25) is 0 Å². The zero-order chi connectivity index (χ0) is 90.2. The van der Waals surface area contributed by atoms with Crippen LogP contribution in [0.2, 0.25) is 0 Å². The van der Waals surface area contributed by atoms with Crippen molar-refractivity contribution in [2.24, 2.45) is 27.1 Å². The Morgan fingerprint density at radius 3 is 0.984 bits per heavy atom. The number of benzene rings is 9. The van der Waals surface area contributed by atoms with E-state index in [1.165, 1.54) is 111 Å². The molecule has 8 nitrogen and oxygen atoms in total. The number of aliphatic hydroxyl groups is 1. The van der Waals surface area contributed by atoms with Crippen molar-refractivity contribution in [2.75, 3.05) is 0 Å². The third-order valence-electron chi connectivity index (χ3n) is 19.1. The molecule has 1 N–H and O–H groups in total. The minimum atomic E-state index is -0.269. The van der Waals surface area contributed by atoms with Gasteiger partial charge in [0.05, 0.1) is 5.76 Å². The van der Waals surface area contributed by atoms with Gasteiger partial charge in [-0.1, -0.05) is 230 Å². The number of aryl methyl sites for hydroxylation is 2. The van der Waals surface area contributed by atoms with Crippen molar-refractivity contribution in [1.29, 1.82) is 0 Å². The normalized spacial score (nSPS) is 11.0. The Bertz CT molecular complexity index is 5700. The fourth-order valence-corrected chi connectivity index (χ4v) is 14.1. The first-order valence-electron chi connectivity index (χ1n) is 42.8. The molecule has 0 amide bonds. The summed E-state index contributed by atoms with van der Waals surface area (Å²) in [4.78, 5) is 36.5. The van der Waals surface area contributed by atoms with Crippen molar-refractivity contribution >= 4 is 5.78 Å². The molecular formula is C116H121FIr4N6O2-6. The maximum absolute atomic E-state index is 13.2. The number of ketones is 1. The maximum Gasteiger partial charge on any atom is 0.155 e. The van der Waals surface area contributed by atoms with E-state index in [0.717, 1.165) is 94.0 Å². The summed E-state index contributed by atoms with van der Waals surface area (Å²) in [6.45, 7) is 40.9. The molecule has 6 aromatic heterocycles. The number of hydrogen-bond acceptors (Lipinski definition) is 8. The van der Waals surface area contributed by atoms with Crippen LogP contribution in [0.15, 0.2) is 328 Å². The van der Waals surface area contributed by atoms with Gasteiger partial charge >= 0.3 is 0 Å². The van der Waals surface area contributed by atoms with Gasteiger partial charge in [-0.25, -0.2) is 4.39 Å². The predicted octanol–water partition coefficient (Wildman–Crippen LogP) is 30.0. The Labute approximate surface area is 824 Å². The van der Waals surface area contributed by atoms with Crippen LogP contribution in [0.1, 0.15) is 157 Å². The summed E-state index contributed by atoms with van der Waals surface area (Å²) in [7, 11) is 0. The minimum absolute atomic E-state index is 0. The van der Waals surface area contributed by atoms with Crippen LogP contribution in [-0.2, 0) is 117 Å². The third kappa shape index (κ3) is 39.9. The molecule has 0 saturated heterocycles. The summed E-state index contributed by atoms with van der Waals surface area (Å²) < 4.78 is 13.2. The smallest absolute Gasteiger partial charge is 0.155 e. The van der Waals surface area contributed by atoms with Crippen LogP contribution < -0.4 is 0 Å². The van der Waals surface area contributed by atoms with Crippen molar-refractivity contribution in [3.63, 3.8) is 0 Å². The number of carbonyl (C=O) groups is 1. The number of nitrogens with zero attached hydrogens (tertiary/aromatic N) is 6. The van der Waals surface area contributed by atoms with Crippen LogP contribution in [0.25, 0.3) is 101 Å². The van der Waals surface area contributed by atoms with E-state index >= 15 is 0 Å². The molecule has 15 rings (SSSR count). The van der Waals surface area contributed by atoms with E-state index in [9.17, 15) is 9.18 Å². The van der Waals surface area contributed by atoms with E-state index in [0.29, 0.717) is 11.1 Å². The van der Waals surface area contributed by atoms with Gasteiger partial charge in [0.1, 0.15) is 5.82 Å². The molecule has 0 aliphatic rings. The first kappa shape index (κ1) is 109. The van der Waals surface area contributed by atoms with Crippen molar-refractivity contribution in [2.45, 2.75) is 164 Å². The van der Waals surface area contributed by atoms with Crippen LogP contribution >= 0.6 is 0 Å². The van der Waals surface area contributed by atoms with Crippen molar-refractivity contribution in [3.05, 3.63) is 409 Å². The minimum Gasteiger partial charge on any atom is -0.512 e. The van der Waals surface area contributed by atoms with Crippen LogP contribution in [0.4, 0.5) is 4.39 Å². The van der Waals surface area contributed by atoms with Crippen LogP contribution in [0.3, 0.4) is 0 Å². The van der Waals surface area contributed by atoms with E-state index < -0.39 is 0 Å². The molecule has 9 aromatic carbocycles. The second-order valence-corrected chi connectivity index (χ2v) is 37.5. The molecule has 0 bridgehead atoms. The fraction of sp³-hybridized carbons (Fsp3) is 0.250. The standard InChI is InChI=1S/C24H26N.2C22H22N.C16H17FN.C16H18N.C11H8N.C5H8O2.4Ir/c1-17-8-6-9-18(2)23(17)21-12-13-25-22(15-21)20-11-7-10-19(14-20)16-24(3,4)5;1-22(2,3)16-17-8-7-11-20(14-17)21-15-19(12-13-23-21)18-9-5-4-6-10-18;1-22(2,3)16-17-12-13-23-21(14-17)20-11-7-10-19(15-20)18-8-5-4-6-9-18;1-16(2,3)11-12-5-4-6-13(9-12)15-10-14(17)7-8-18-15;1-16(2,3)12-13-9-10-17-15(11-13)14-7-5-4-6-8-14;1-2-6-10(7-3-1)11-8-4-5-9-12-11;1-4(6)3-5(2)7;;;;/h6-10,12-15H,16H2,1-5H3;2*4-10,12-15H,16H2,1-3H3;4-5,7-10H,11H2,1-3H3;4-7,9-11H,12H2,1-3H3;1-6,8-9H;3,6H,1-2H3;;;;/q6*-1;;;;;. The molecule has 676 valence electrons. The summed E-state index contributed by atoms with van der Waals surface area (Å²) in [6, 6.07) is 113. The van der Waals surface area contributed by atoms with E-state index in [1.807, 2.05) is 140 Å². The molecule has 13 heteroatoms. The van der Waals surface area contributed by atoms with Gasteiger partial charge in [0.15, 0.2) is 5.78 Å². The van der Waals surface area contributed by atoms with E-state index in [4.69, 9.17) is 5.11 Å². The van der Waals surface area contributed by atoms with Crippen molar-refractivity contribution in [1.82, 2.24) is 29.9 Å². The molecule has 15 aromatic rings. The first-order chi connectivity index (χ1) is 59.4. The van der Waals surface area contributed by atoms with Gasteiger partial charge in [-0.2, -0.15) is 0 Å². The van der Waals surface area contributed by atoms with E-state index in [-0.39, 0.29) is 119 Å². The Hall–Kier alpha value is -10.4. The largest absolute Gasteiger partial charge is 0.512 e. The van der Waals surface area contributed by atoms with E-state index in [1.54, 1.807) is 6.20 Å². The Morgan fingerprint density at radius 1 is 0.295 bits per heavy atom. The third-order valence-corrected chi connectivity index (χ3v) is 19.1. The average Bonchev–Trinajstić information content (AvgIpc) is 0.811. The second-order valence-electron chi connectivity index (χ2n) is 37.5. The first-order valence-corrected chi connectivity index (χ1v) is 42.8. The number of halogens is 1. The van der Waals surface area contributed by atoms with Crippen LogP contribution in [0, 0.1) is 83.1 Å². The second kappa shape index (κ2) is 53.1. The number of aliphatic hydroxyl groups excluding tert-OH is 1. The number of aromatic nitrogens is 6. The zero-order valence-electron chi connectivity index (χ0n) is 77.9. The van der Waals surface area contributed by atoms with E-state index in [2.05, 4.69) is 336 Å². The maximum atomic E-state index is 13.2. The summed E-state index contributed by atoms with van der Waals surface area (Å²) in [6.07, 6.45) is 17.2. The van der Waals surface area contributed by atoms with Crippen molar-refractivity contribution < 1.29 is 94.7 Å². The van der Waals surface area contributed by atoms with Gasteiger partial charge in [0.25, 0.3) is 0 Å². The van der Waals surface area contributed by atoms with Gasteiger partial charge in [-0.15, -0.1) is 213 Å². The molecule has 0 spiro atoms. The quantitative estimate of drug-likeness (QED) is 0.0613. The average molecular weight is 2420 g/mol. The SMILES string of the molecule is CC(=O)C=C(C)O.CC(C)(C)Cc1cc[c-]c(-c2cc(-c3ccccc3)ccn2)c1.CC(C)(C)Cc1cc[c-]c(-c2cc(F)ccn2)c1.CC(C)(C)Cc1ccnc(-c2[c-]ccc(-c3ccccc3)c2)c1.CC(C)(C)Cc1ccnc(-c2[c-]cccc2)c1.Cc1cccc(C)c1-c1ccnc(-c2[c-]ccc(CC(C)(C)C)c2)c1.[Ir].[Ir].[Ir].[Ir].[c-]1ccccc1-c1ccccn1. The predicted molar refractivity (Wildman–Crippen MR) is 520 cm³/mol. The molecule has 6 heterocycles. The number of pyridine rings is 6. The number of rotatable bonds is 15. The number of carbonyl (C=O) groups excluding carboxylic acids is 1. The Kier molecular flexibility index (Phi) is 44.9. The fourth-order valence-electron chi connectivity index (χ4n) is 14.1. The Balaban J connectivity index is 0.000000271. The molecular weight excluding hydrogens is 2300 g/mol. The molecule has 0 unspecified atom stereocenters. The zero-order valence-corrected chi connectivity index (χ0v) is 87.5. The van der Waals surface area contributed by atoms with Crippen LogP contribution in [0.5, 0.6) is 0 Å². The topological polar surface area (TPSA) is 115 Å². The molecule has 0 fully saturated rings. The van der Waals surface area contributed by atoms with Crippen molar-refractivity contribution in [3.8, 4) is 101 Å². The van der Waals surface area contributed by atoms with Crippen LogP contribution in [-0.4, -0.2) is 40.8 Å². The van der Waals surface area contributed by atoms with Gasteiger partial charge in [0, 0.05) is 124 Å². The molecule has 0 atom stereocenters. The molecule has 129 heavy (non-hydrogen) atoms. The number of allylic oxidation sites excluding steroid dienone is 2. The molecule has 0 aliphatic heterocycles. The van der Waals surface area contributed by atoms with Gasteiger partial charge in [-0.05, 0) is 202 Å². The number of hydrogen-bond donors (Lipinski definition) is 1.